The van der Waals surface area contributed by atoms with E-state index in [0.717, 1.165) is 6.42 Å². The largest absolute Gasteiger partial charge is 0.478 e. The van der Waals surface area contributed by atoms with Gasteiger partial charge in [-0.15, -0.1) is 0 Å². The van der Waals surface area contributed by atoms with E-state index in [9.17, 15) is 14.7 Å². The fraction of sp³-hybridized carbons (Fsp3) is 0.429. The van der Waals surface area contributed by atoms with Crippen LogP contribution in [0.25, 0.3) is 0 Å². The highest BCUT2D eigenvalue weighted by Crippen LogP contribution is 2.35. The van der Waals surface area contributed by atoms with Crippen LogP contribution in [-0.4, -0.2) is 47.6 Å². The lowest BCUT2D eigenvalue weighted by Crippen LogP contribution is -2.51. The Labute approximate surface area is 127 Å². The number of hydrogen-bond donors (Lipinski definition) is 2. The first-order valence-corrected chi connectivity index (χ1v) is 7.22. The minimum absolute atomic E-state index is 0.109. The fourth-order valence-electron chi connectivity index (χ4n) is 3.17. The number of carbonyl (C=O) groups is 2. The van der Waals surface area contributed by atoms with Crippen molar-refractivity contribution >= 4 is 34.9 Å². The molecule has 2 saturated heterocycles. The zero-order valence-corrected chi connectivity index (χ0v) is 12.1. The third kappa shape index (κ3) is 2.40. The Morgan fingerprint density at radius 1 is 1.38 bits per heavy atom. The number of carbonyl (C=O) groups excluding carboxylic acids is 1. The molecule has 0 spiro atoms. The summed E-state index contributed by atoms with van der Waals surface area (Å²) in [7, 11) is 0. The van der Waals surface area contributed by atoms with Crippen LogP contribution in [0.2, 0.25) is 5.02 Å². The number of benzene rings is 1. The average molecular weight is 310 g/mol. The first-order valence-electron chi connectivity index (χ1n) is 6.84. The summed E-state index contributed by atoms with van der Waals surface area (Å²) in [5.74, 6) is -0.870. The zero-order chi connectivity index (χ0) is 15.1. The highest BCUT2D eigenvalue weighted by Gasteiger charge is 2.36. The molecule has 1 atom stereocenters. The van der Waals surface area contributed by atoms with E-state index in [-0.39, 0.29) is 17.5 Å². The number of fused-ring (bicyclic) bond motifs is 1. The van der Waals surface area contributed by atoms with E-state index in [0.29, 0.717) is 42.5 Å². The Kier molecular flexibility index (Phi) is 3.41. The van der Waals surface area contributed by atoms with E-state index in [1.807, 2.05) is 9.80 Å². The summed E-state index contributed by atoms with van der Waals surface area (Å²) in [5.41, 5.74) is 6.62. The third-order valence-corrected chi connectivity index (χ3v) is 4.41. The molecule has 1 unspecified atom stereocenters. The molecule has 6 nitrogen and oxygen atoms in total. The lowest BCUT2D eigenvalue weighted by Gasteiger charge is -2.39. The number of hydrogen-bond acceptors (Lipinski definition) is 4. The van der Waals surface area contributed by atoms with Gasteiger partial charge in [-0.05, 0) is 18.6 Å². The summed E-state index contributed by atoms with van der Waals surface area (Å²) in [6, 6.07) is 3.13. The second kappa shape index (κ2) is 5.11. The van der Waals surface area contributed by atoms with Gasteiger partial charge in [-0.3, -0.25) is 4.79 Å². The molecule has 0 aliphatic carbocycles. The van der Waals surface area contributed by atoms with E-state index in [2.05, 4.69) is 0 Å². The van der Waals surface area contributed by atoms with Crippen molar-refractivity contribution in [1.82, 2.24) is 4.90 Å². The third-order valence-electron chi connectivity index (χ3n) is 4.13. The van der Waals surface area contributed by atoms with Gasteiger partial charge >= 0.3 is 5.97 Å². The van der Waals surface area contributed by atoms with Gasteiger partial charge in [0.2, 0.25) is 5.91 Å². The quantitative estimate of drug-likeness (QED) is 0.807. The number of carboxylic acids is 1. The zero-order valence-electron chi connectivity index (χ0n) is 11.4. The van der Waals surface area contributed by atoms with E-state index >= 15 is 0 Å². The van der Waals surface area contributed by atoms with Crippen molar-refractivity contribution in [3.8, 4) is 0 Å². The number of nitrogen functional groups attached to an aromatic ring is 1. The Bertz CT molecular complexity index is 620. The lowest BCUT2D eigenvalue weighted by atomic mass is 10.1. The predicted octanol–water partition coefficient (Wildman–Crippen LogP) is 1.43. The molecule has 21 heavy (non-hydrogen) atoms. The van der Waals surface area contributed by atoms with Gasteiger partial charge in [0, 0.05) is 37.8 Å². The van der Waals surface area contributed by atoms with Crippen LogP contribution in [-0.2, 0) is 4.79 Å². The second-order valence-electron chi connectivity index (χ2n) is 5.43. The van der Waals surface area contributed by atoms with Crippen molar-refractivity contribution in [2.24, 2.45) is 0 Å². The van der Waals surface area contributed by atoms with Gasteiger partial charge < -0.3 is 20.6 Å². The van der Waals surface area contributed by atoms with Crippen LogP contribution < -0.4 is 10.6 Å². The van der Waals surface area contributed by atoms with Crippen molar-refractivity contribution in [2.75, 3.05) is 30.3 Å². The van der Waals surface area contributed by atoms with Crippen molar-refractivity contribution < 1.29 is 14.7 Å². The maximum absolute atomic E-state index is 11.7. The van der Waals surface area contributed by atoms with E-state index in [4.69, 9.17) is 17.3 Å². The summed E-state index contributed by atoms with van der Waals surface area (Å²) in [5, 5.41) is 9.71. The topological polar surface area (TPSA) is 86.9 Å². The van der Waals surface area contributed by atoms with Crippen molar-refractivity contribution in [3.63, 3.8) is 0 Å². The van der Waals surface area contributed by atoms with Crippen LogP contribution in [0.1, 0.15) is 23.2 Å². The molecule has 1 amide bonds. The van der Waals surface area contributed by atoms with Gasteiger partial charge in [0.05, 0.1) is 16.3 Å². The van der Waals surface area contributed by atoms with E-state index < -0.39 is 5.97 Å². The van der Waals surface area contributed by atoms with Gasteiger partial charge in [-0.25, -0.2) is 4.79 Å². The SMILES string of the molecule is Nc1cc(Cl)c(N2CCN3C(=O)CCC3C2)c(C(=O)O)c1. The molecule has 0 bridgehead atoms. The molecular weight excluding hydrogens is 294 g/mol. The molecule has 3 rings (SSSR count). The number of rotatable bonds is 2. The number of nitrogens with two attached hydrogens (primary N) is 1. The number of nitrogens with zero attached hydrogens (tertiary/aromatic N) is 2. The van der Waals surface area contributed by atoms with E-state index in [1.54, 1.807) is 6.07 Å². The minimum Gasteiger partial charge on any atom is -0.478 e. The molecule has 2 aliphatic rings. The molecule has 1 aromatic carbocycles. The molecule has 2 fully saturated rings. The highest BCUT2D eigenvalue weighted by atomic mass is 35.5. The summed E-state index contributed by atoms with van der Waals surface area (Å²) >= 11 is 6.22. The predicted molar refractivity (Wildman–Crippen MR) is 79.8 cm³/mol. The number of amides is 1. The summed E-state index contributed by atoms with van der Waals surface area (Å²) in [6.07, 6.45) is 1.38. The van der Waals surface area contributed by atoms with Crippen molar-refractivity contribution in [1.29, 1.82) is 0 Å². The molecule has 3 N–H and O–H groups in total. The standard InChI is InChI=1S/C14H16ClN3O3/c15-11-6-8(16)5-10(14(20)21)13(11)17-3-4-18-9(7-17)1-2-12(18)19/h5-6,9H,1-4,7,16H2,(H,20,21). The molecule has 0 radical (unpaired) electrons. The Morgan fingerprint density at radius 3 is 2.86 bits per heavy atom. The van der Waals surface area contributed by atoms with E-state index in [1.165, 1.54) is 6.07 Å². The number of aromatic carboxylic acids is 1. The second-order valence-corrected chi connectivity index (χ2v) is 5.84. The normalized spacial score (nSPS) is 21.6. The molecule has 112 valence electrons. The maximum Gasteiger partial charge on any atom is 0.337 e. The van der Waals surface area contributed by atoms with Gasteiger partial charge in [-0.1, -0.05) is 11.6 Å². The average Bonchev–Trinajstić information content (AvgIpc) is 2.79. The summed E-state index contributed by atoms with van der Waals surface area (Å²) in [6.45, 7) is 1.78. The van der Waals surface area contributed by atoms with Crippen LogP contribution >= 0.6 is 11.6 Å². The Hall–Kier alpha value is -1.95. The summed E-state index contributed by atoms with van der Waals surface area (Å²) < 4.78 is 0. The van der Waals surface area contributed by atoms with Crippen LogP contribution in [0.3, 0.4) is 0 Å². The number of anilines is 2. The number of piperazine rings is 1. The van der Waals surface area contributed by atoms with Gasteiger partial charge in [0.15, 0.2) is 0 Å². The van der Waals surface area contributed by atoms with Crippen LogP contribution in [0, 0.1) is 0 Å². The van der Waals surface area contributed by atoms with Crippen molar-refractivity contribution in [2.45, 2.75) is 18.9 Å². The van der Waals surface area contributed by atoms with Crippen LogP contribution in [0.4, 0.5) is 11.4 Å². The number of carboxylic acid groups (broad SMARTS) is 1. The van der Waals surface area contributed by atoms with Crippen molar-refractivity contribution in [3.05, 3.63) is 22.7 Å². The number of halogens is 1. The molecule has 0 saturated carbocycles. The minimum atomic E-state index is -1.05. The molecule has 0 aromatic heterocycles. The molecule has 2 aliphatic heterocycles. The fourth-order valence-corrected chi connectivity index (χ4v) is 3.52. The molecule has 7 heteroatoms. The Balaban J connectivity index is 1.94. The first kappa shape index (κ1) is 14.0. The Morgan fingerprint density at radius 2 is 2.14 bits per heavy atom. The lowest BCUT2D eigenvalue weighted by molar-refractivity contribution is -0.129. The van der Waals surface area contributed by atoms with Crippen LogP contribution in [0.15, 0.2) is 12.1 Å². The molecule has 1 aromatic rings. The smallest absolute Gasteiger partial charge is 0.337 e. The van der Waals surface area contributed by atoms with Gasteiger partial charge in [0.25, 0.3) is 0 Å². The van der Waals surface area contributed by atoms with Gasteiger partial charge in [0.1, 0.15) is 0 Å². The van der Waals surface area contributed by atoms with Gasteiger partial charge in [-0.2, -0.15) is 0 Å². The first-order chi connectivity index (χ1) is 9.97. The monoisotopic (exact) mass is 309 g/mol. The molecule has 2 heterocycles. The summed E-state index contributed by atoms with van der Waals surface area (Å²) in [4.78, 5) is 27.0. The highest BCUT2D eigenvalue weighted by molar-refractivity contribution is 6.34. The maximum atomic E-state index is 11.7. The molecular formula is C14H16ClN3O3. The van der Waals surface area contributed by atoms with Crippen LogP contribution in [0.5, 0.6) is 0 Å².